The van der Waals surface area contributed by atoms with Crippen LogP contribution in [0.4, 0.5) is 4.39 Å². The summed E-state index contributed by atoms with van der Waals surface area (Å²) in [6.07, 6.45) is 3.75. The van der Waals surface area contributed by atoms with Gasteiger partial charge in [0.05, 0.1) is 11.9 Å². The average Bonchev–Trinajstić information content (AvgIpc) is 2.78. The zero-order valence-corrected chi connectivity index (χ0v) is 8.05. The van der Waals surface area contributed by atoms with Gasteiger partial charge >= 0.3 is 0 Å². The molecule has 0 saturated heterocycles. The molecule has 13 heavy (non-hydrogen) atoms. The van der Waals surface area contributed by atoms with Gasteiger partial charge in [0.15, 0.2) is 5.82 Å². The van der Waals surface area contributed by atoms with Gasteiger partial charge in [0.1, 0.15) is 0 Å². The summed E-state index contributed by atoms with van der Waals surface area (Å²) in [6.45, 7) is 4.28. The topological polar surface area (TPSA) is 28.7 Å². The van der Waals surface area contributed by atoms with Crippen molar-refractivity contribution in [2.45, 2.75) is 32.6 Å². The Morgan fingerprint density at radius 3 is 2.62 bits per heavy atom. The van der Waals surface area contributed by atoms with E-state index in [0.29, 0.717) is 23.4 Å². The molecule has 1 aromatic heterocycles. The van der Waals surface area contributed by atoms with Crippen molar-refractivity contribution in [2.24, 2.45) is 11.8 Å². The van der Waals surface area contributed by atoms with Crippen LogP contribution >= 0.6 is 0 Å². The summed E-state index contributed by atoms with van der Waals surface area (Å²) in [5.74, 6) is 1.32. The zero-order chi connectivity index (χ0) is 9.42. The Morgan fingerprint density at radius 2 is 2.23 bits per heavy atom. The number of rotatable bonds is 3. The van der Waals surface area contributed by atoms with Crippen LogP contribution in [0.15, 0.2) is 6.20 Å². The minimum Gasteiger partial charge on any atom is -0.279 e. The van der Waals surface area contributed by atoms with Crippen molar-refractivity contribution in [2.75, 3.05) is 0 Å². The number of nitrogens with one attached hydrogen (secondary N) is 1. The summed E-state index contributed by atoms with van der Waals surface area (Å²) in [4.78, 5) is 0. The highest BCUT2D eigenvalue weighted by atomic mass is 19.1. The van der Waals surface area contributed by atoms with Crippen LogP contribution in [0.1, 0.15) is 38.3 Å². The van der Waals surface area contributed by atoms with E-state index in [4.69, 9.17) is 0 Å². The van der Waals surface area contributed by atoms with Gasteiger partial charge in [0.25, 0.3) is 0 Å². The van der Waals surface area contributed by atoms with Crippen molar-refractivity contribution in [1.82, 2.24) is 10.2 Å². The molecule has 1 aliphatic carbocycles. The first-order chi connectivity index (χ1) is 6.20. The summed E-state index contributed by atoms with van der Waals surface area (Å²) in [5, 5.41) is 6.52. The van der Waals surface area contributed by atoms with Crippen molar-refractivity contribution in [3.63, 3.8) is 0 Å². The number of hydrogen-bond donors (Lipinski definition) is 1. The van der Waals surface area contributed by atoms with Gasteiger partial charge in [0.2, 0.25) is 0 Å². The third kappa shape index (κ3) is 1.60. The second-order valence-corrected chi connectivity index (χ2v) is 4.24. The monoisotopic (exact) mass is 182 g/mol. The number of hydrogen-bond acceptors (Lipinski definition) is 1. The van der Waals surface area contributed by atoms with Gasteiger partial charge < -0.3 is 0 Å². The van der Waals surface area contributed by atoms with Crippen molar-refractivity contribution in [3.05, 3.63) is 17.7 Å². The van der Waals surface area contributed by atoms with Crippen LogP contribution in [0.2, 0.25) is 0 Å². The molecule has 1 aliphatic rings. The van der Waals surface area contributed by atoms with Crippen molar-refractivity contribution in [3.8, 4) is 0 Å². The first-order valence-electron chi connectivity index (χ1n) is 4.89. The van der Waals surface area contributed by atoms with E-state index in [9.17, 15) is 4.39 Å². The molecule has 1 N–H and O–H groups in total. The number of H-pyrrole nitrogens is 1. The van der Waals surface area contributed by atoms with Crippen LogP contribution in [0, 0.1) is 17.7 Å². The Labute approximate surface area is 77.5 Å². The van der Waals surface area contributed by atoms with E-state index in [1.807, 2.05) is 0 Å². The van der Waals surface area contributed by atoms with Gasteiger partial charge in [-0.2, -0.15) is 5.10 Å². The average molecular weight is 182 g/mol. The molecule has 1 unspecified atom stereocenters. The van der Waals surface area contributed by atoms with Gasteiger partial charge in [-0.25, -0.2) is 4.39 Å². The van der Waals surface area contributed by atoms with Gasteiger partial charge in [-0.1, -0.05) is 13.8 Å². The Balaban J connectivity index is 2.24. The predicted molar refractivity (Wildman–Crippen MR) is 48.8 cm³/mol. The Hall–Kier alpha value is -0.860. The lowest BCUT2D eigenvalue weighted by molar-refractivity contribution is 0.422. The van der Waals surface area contributed by atoms with Gasteiger partial charge in [-0.15, -0.1) is 0 Å². The lowest BCUT2D eigenvalue weighted by atomic mass is 9.88. The van der Waals surface area contributed by atoms with Crippen molar-refractivity contribution in [1.29, 1.82) is 0 Å². The minimum atomic E-state index is -0.175. The summed E-state index contributed by atoms with van der Waals surface area (Å²) < 4.78 is 13.3. The number of aromatic nitrogens is 2. The second-order valence-electron chi connectivity index (χ2n) is 4.24. The first kappa shape index (κ1) is 8.73. The summed E-state index contributed by atoms with van der Waals surface area (Å²) in [7, 11) is 0. The molecule has 1 heterocycles. The smallest absolute Gasteiger partial charge is 0.164 e. The maximum absolute atomic E-state index is 13.3. The van der Waals surface area contributed by atoms with E-state index >= 15 is 0 Å². The van der Waals surface area contributed by atoms with Crippen molar-refractivity contribution < 1.29 is 4.39 Å². The quantitative estimate of drug-likeness (QED) is 0.765. The van der Waals surface area contributed by atoms with E-state index in [1.165, 1.54) is 19.0 Å². The van der Waals surface area contributed by atoms with E-state index < -0.39 is 0 Å². The molecule has 1 saturated carbocycles. The number of nitrogens with zero attached hydrogens (tertiary/aromatic N) is 1. The van der Waals surface area contributed by atoms with Crippen LogP contribution in [0.5, 0.6) is 0 Å². The standard InChI is InChI=1S/C10H15FN2/c1-6(2)9(7-3-4-7)10-8(11)5-12-13-10/h5-7,9H,3-4H2,1-2H3,(H,12,13). The van der Waals surface area contributed by atoms with Gasteiger partial charge in [0, 0.05) is 5.92 Å². The number of halogens is 1. The molecule has 0 radical (unpaired) electrons. The van der Waals surface area contributed by atoms with Crippen LogP contribution in [0.3, 0.4) is 0 Å². The predicted octanol–water partition coefficient (Wildman–Crippen LogP) is 2.70. The van der Waals surface area contributed by atoms with Gasteiger partial charge in [-0.3, -0.25) is 5.10 Å². The third-order valence-electron chi connectivity index (χ3n) is 2.80. The molecule has 72 valence electrons. The molecule has 0 aliphatic heterocycles. The first-order valence-corrected chi connectivity index (χ1v) is 4.89. The Kier molecular flexibility index (Phi) is 2.10. The molecule has 2 nitrogen and oxygen atoms in total. The molecule has 0 amide bonds. The molecule has 1 aromatic rings. The molecule has 1 fully saturated rings. The van der Waals surface area contributed by atoms with Crippen LogP contribution in [-0.4, -0.2) is 10.2 Å². The highest BCUT2D eigenvalue weighted by molar-refractivity contribution is 5.13. The fourth-order valence-corrected chi connectivity index (χ4v) is 2.08. The Morgan fingerprint density at radius 1 is 1.54 bits per heavy atom. The summed E-state index contributed by atoms with van der Waals surface area (Å²) in [5.41, 5.74) is 0.706. The van der Waals surface area contributed by atoms with E-state index in [-0.39, 0.29) is 5.82 Å². The Bertz CT molecular complexity index is 287. The fourth-order valence-electron chi connectivity index (χ4n) is 2.08. The molecule has 3 heteroatoms. The molecule has 0 bridgehead atoms. The lowest BCUT2D eigenvalue weighted by Gasteiger charge is -2.18. The van der Waals surface area contributed by atoms with Crippen LogP contribution in [-0.2, 0) is 0 Å². The molecule has 0 spiro atoms. The van der Waals surface area contributed by atoms with Gasteiger partial charge in [-0.05, 0) is 24.7 Å². The molecule has 1 atom stereocenters. The maximum atomic E-state index is 13.3. The highest BCUT2D eigenvalue weighted by Crippen LogP contribution is 2.46. The second kappa shape index (κ2) is 3.13. The zero-order valence-electron chi connectivity index (χ0n) is 8.05. The molecule has 2 rings (SSSR count). The van der Waals surface area contributed by atoms with Crippen LogP contribution < -0.4 is 0 Å². The van der Waals surface area contributed by atoms with E-state index in [2.05, 4.69) is 24.0 Å². The normalized spacial score (nSPS) is 19.4. The minimum absolute atomic E-state index is 0.175. The van der Waals surface area contributed by atoms with Crippen LogP contribution in [0.25, 0.3) is 0 Å². The maximum Gasteiger partial charge on any atom is 0.164 e. The SMILES string of the molecule is CC(C)C(c1[nH]ncc1F)C1CC1. The molecular weight excluding hydrogens is 167 g/mol. The molecule has 0 aromatic carbocycles. The summed E-state index contributed by atoms with van der Waals surface area (Å²) >= 11 is 0. The van der Waals surface area contributed by atoms with E-state index in [0.717, 1.165) is 0 Å². The molecular formula is C10H15FN2. The fraction of sp³-hybridized carbons (Fsp3) is 0.700. The third-order valence-corrected chi connectivity index (χ3v) is 2.80. The highest BCUT2D eigenvalue weighted by Gasteiger charge is 2.36. The summed E-state index contributed by atoms with van der Waals surface area (Å²) in [6, 6.07) is 0. The number of aromatic amines is 1. The van der Waals surface area contributed by atoms with Crippen molar-refractivity contribution >= 4 is 0 Å². The lowest BCUT2D eigenvalue weighted by Crippen LogP contribution is -2.11. The van der Waals surface area contributed by atoms with E-state index in [1.54, 1.807) is 0 Å². The largest absolute Gasteiger partial charge is 0.279 e.